The lowest BCUT2D eigenvalue weighted by Gasteiger charge is -2.33. The third-order valence-electron chi connectivity index (χ3n) is 3.17. The first-order valence-corrected chi connectivity index (χ1v) is 5.98. The molecule has 0 bridgehead atoms. The Morgan fingerprint density at radius 1 is 1.38 bits per heavy atom. The molecule has 0 saturated heterocycles. The summed E-state index contributed by atoms with van der Waals surface area (Å²) >= 11 is 0. The number of hydrogen-bond acceptors (Lipinski definition) is 1. The lowest BCUT2D eigenvalue weighted by molar-refractivity contribution is 0.379. The highest BCUT2D eigenvalue weighted by Crippen LogP contribution is 2.27. The van der Waals surface area contributed by atoms with E-state index in [1.165, 1.54) is 29.0 Å². The standard InChI is InChI=1S/C15H23N/c1-6-15-8-7-11-16(14(15)5)13(4)10-9-12(2)3/h6H,1-2,4,7-11H2,3,5H3. The van der Waals surface area contributed by atoms with Crippen LogP contribution in [0.1, 0.15) is 39.5 Å². The summed E-state index contributed by atoms with van der Waals surface area (Å²) in [5.41, 5.74) is 5.12. The largest absolute Gasteiger partial charge is 0.349 e. The van der Waals surface area contributed by atoms with Gasteiger partial charge >= 0.3 is 0 Å². The summed E-state index contributed by atoms with van der Waals surface area (Å²) in [7, 11) is 0. The first-order chi connectivity index (χ1) is 7.56. The average Bonchev–Trinajstić information content (AvgIpc) is 2.26. The maximum atomic E-state index is 4.19. The SMILES string of the molecule is C=CC1=C(C)N(C(=C)CCC(=C)C)CCC1. The molecule has 16 heavy (non-hydrogen) atoms. The zero-order chi connectivity index (χ0) is 12.1. The van der Waals surface area contributed by atoms with Crippen LogP contribution in [-0.4, -0.2) is 11.4 Å². The Labute approximate surface area is 99.8 Å². The van der Waals surface area contributed by atoms with Crippen LogP contribution in [0.2, 0.25) is 0 Å². The van der Waals surface area contributed by atoms with Gasteiger partial charge in [0, 0.05) is 17.9 Å². The van der Waals surface area contributed by atoms with Crippen molar-refractivity contribution < 1.29 is 0 Å². The molecule has 1 aliphatic heterocycles. The van der Waals surface area contributed by atoms with E-state index in [-0.39, 0.29) is 0 Å². The van der Waals surface area contributed by atoms with Crippen molar-refractivity contribution >= 4 is 0 Å². The summed E-state index contributed by atoms with van der Waals surface area (Å²) in [5.74, 6) is 0. The molecule has 0 aromatic carbocycles. The lowest BCUT2D eigenvalue weighted by Crippen LogP contribution is -2.26. The van der Waals surface area contributed by atoms with Gasteiger partial charge in [0.05, 0.1) is 0 Å². The molecule has 88 valence electrons. The Balaban J connectivity index is 2.68. The van der Waals surface area contributed by atoms with Crippen molar-refractivity contribution in [3.05, 3.63) is 48.4 Å². The van der Waals surface area contributed by atoms with Crippen LogP contribution in [-0.2, 0) is 0 Å². The van der Waals surface area contributed by atoms with E-state index in [1.54, 1.807) is 0 Å². The molecule has 1 nitrogen and oxygen atoms in total. The Hall–Kier alpha value is -1.24. The van der Waals surface area contributed by atoms with Crippen molar-refractivity contribution in [2.75, 3.05) is 6.54 Å². The summed E-state index contributed by atoms with van der Waals surface area (Å²) in [6, 6.07) is 0. The zero-order valence-corrected chi connectivity index (χ0v) is 10.7. The van der Waals surface area contributed by atoms with Crippen LogP contribution in [0, 0.1) is 0 Å². The second kappa shape index (κ2) is 5.74. The smallest absolute Gasteiger partial charge is 0.0227 e. The number of nitrogens with zero attached hydrogens (tertiary/aromatic N) is 1. The molecule has 1 aliphatic rings. The molecule has 0 fully saturated rings. The molecule has 0 amide bonds. The molecule has 0 atom stereocenters. The molecular weight excluding hydrogens is 194 g/mol. The fraction of sp³-hybridized carbons (Fsp3) is 0.467. The normalized spacial score (nSPS) is 16.2. The average molecular weight is 217 g/mol. The van der Waals surface area contributed by atoms with E-state index in [0.29, 0.717) is 0 Å². The minimum absolute atomic E-state index is 1.01. The predicted octanol–water partition coefficient (Wildman–Crippen LogP) is 4.41. The van der Waals surface area contributed by atoms with Gasteiger partial charge in [-0.2, -0.15) is 0 Å². The van der Waals surface area contributed by atoms with E-state index in [9.17, 15) is 0 Å². The number of allylic oxidation sites excluding steroid dienone is 5. The molecule has 0 unspecified atom stereocenters. The minimum atomic E-state index is 1.01. The van der Waals surface area contributed by atoms with Crippen molar-refractivity contribution in [3.8, 4) is 0 Å². The van der Waals surface area contributed by atoms with Crippen molar-refractivity contribution in [2.24, 2.45) is 0 Å². The Kier molecular flexibility index (Phi) is 4.60. The Morgan fingerprint density at radius 2 is 2.06 bits per heavy atom. The third-order valence-corrected chi connectivity index (χ3v) is 3.17. The first kappa shape index (κ1) is 12.8. The topological polar surface area (TPSA) is 3.24 Å². The van der Waals surface area contributed by atoms with Crippen LogP contribution >= 0.6 is 0 Å². The van der Waals surface area contributed by atoms with Crippen LogP contribution in [0.3, 0.4) is 0 Å². The molecule has 0 aromatic heterocycles. The summed E-state index contributed by atoms with van der Waals surface area (Å²) in [4.78, 5) is 2.34. The van der Waals surface area contributed by atoms with Gasteiger partial charge in [0.1, 0.15) is 0 Å². The highest BCUT2D eigenvalue weighted by Gasteiger charge is 2.16. The summed E-state index contributed by atoms with van der Waals surface area (Å²) < 4.78 is 0. The second-order valence-corrected chi connectivity index (χ2v) is 4.59. The van der Waals surface area contributed by atoms with Crippen molar-refractivity contribution in [2.45, 2.75) is 39.5 Å². The van der Waals surface area contributed by atoms with Gasteiger partial charge in [-0.25, -0.2) is 0 Å². The van der Waals surface area contributed by atoms with Crippen LogP contribution in [0.4, 0.5) is 0 Å². The van der Waals surface area contributed by atoms with Crippen LogP contribution < -0.4 is 0 Å². The van der Waals surface area contributed by atoms with E-state index < -0.39 is 0 Å². The van der Waals surface area contributed by atoms with E-state index in [0.717, 1.165) is 25.8 Å². The molecule has 1 rings (SSSR count). The molecule has 0 saturated carbocycles. The van der Waals surface area contributed by atoms with E-state index in [2.05, 4.69) is 38.5 Å². The summed E-state index contributed by atoms with van der Waals surface area (Å²) in [6.45, 7) is 17.3. The van der Waals surface area contributed by atoms with E-state index >= 15 is 0 Å². The van der Waals surface area contributed by atoms with Crippen LogP contribution in [0.15, 0.2) is 48.4 Å². The molecular formula is C15H23N. The van der Waals surface area contributed by atoms with E-state index in [1.807, 2.05) is 6.08 Å². The molecule has 0 aliphatic carbocycles. The fourth-order valence-corrected chi connectivity index (χ4v) is 2.09. The van der Waals surface area contributed by atoms with Crippen molar-refractivity contribution in [1.29, 1.82) is 0 Å². The predicted molar refractivity (Wildman–Crippen MR) is 72.0 cm³/mol. The monoisotopic (exact) mass is 217 g/mol. The molecule has 0 spiro atoms. The second-order valence-electron chi connectivity index (χ2n) is 4.59. The van der Waals surface area contributed by atoms with Gasteiger partial charge in [-0.1, -0.05) is 24.8 Å². The minimum Gasteiger partial charge on any atom is -0.349 e. The maximum absolute atomic E-state index is 4.19. The molecule has 0 N–H and O–H groups in total. The highest BCUT2D eigenvalue weighted by atomic mass is 15.1. The van der Waals surface area contributed by atoms with Gasteiger partial charge in [-0.3, -0.25) is 0 Å². The Morgan fingerprint density at radius 3 is 2.62 bits per heavy atom. The van der Waals surface area contributed by atoms with Crippen molar-refractivity contribution in [3.63, 3.8) is 0 Å². The van der Waals surface area contributed by atoms with Gasteiger partial charge in [0.25, 0.3) is 0 Å². The van der Waals surface area contributed by atoms with Gasteiger partial charge < -0.3 is 4.90 Å². The van der Waals surface area contributed by atoms with Gasteiger partial charge in [0.15, 0.2) is 0 Å². The molecule has 1 heterocycles. The van der Waals surface area contributed by atoms with Gasteiger partial charge in [-0.15, -0.1) is 6.58 Å². The quantitative estimate of drug-likeness (QED) is 0.616. The fourth-order valence-electron chi connectivity index (χ4n) is 2.09. The Bertz CT molecular complexity index is 333. The summed E-state index contributed by atoms with van der Waals surface area (Å²) in [6.07, 6.45) is 6.38. The van der Waals surface area contributed by atoms with Crippen molar-refractivity contribution in [1.82, 2.24) is 4.90 Å². The summed E-state index contributed by atoms with van der Waals surface area (Å²) in [5, 5.41) is 0. The van der Waals surface area contributed by atoms with Crippen LogP contribution in [0.25, 0.3) is 0 Å². The highest BCUT2D eigenvalue weighted by molar-refractivity contribution is 5.27. The molecule has 1 heteroatoms. The molecule has 0 radical (unpaired) electrons. The number of rotatable bonds is 5. The molecule has 0 aromatic rings. The van der Waals surface area contributed by atoms with E-state index in [4.69, 9.17) is 0 Å². The van der Waals surface area contributed by atoms with Gasteiger partial charge in [0.2, 0.25) is 0 Å². The zero-order valence-electron chi connectivity index (χ0n) is 10.7. The number of hydrogen-bond donors (Lipinski definition) is 0. The lowest BCUT2D eigenvalue weighted by atomic mass is 10.0. The van der Waals surface area contributed by atoms with Gasteiger partial charge in [-0.05, 0) is 45.1 Å². The first-order valence-electron chi connectivity index (χ1n) is 5.98. The van der Waals surface area contributed by atoms with Crippen LogP contribution in [0.5, 0.6) is 0 Å². The maximum Gasteiger partial charge on any atom is 0.0227 e. The third kappa shape index (κ3) is 3.13.